The molecule has 0 atom stereocenters. The summed E-state index contributed by atoms with van der Waals surface area (Å²) in [5, 5.41) is 0.949. The Morgan fingerprint density at radius 1 is 1.17 bits per heavy atom. The maximum Gasteiger partial charge on any atom is 0.420 e. The highest BCUT2D eigenvalue weighted by Crippen LogP contribution is 2.46. The first-order valence-corrected chi connectivity index (χ1v) is 4.79. The average Bonchev–Trinajstić information content (AvgIpc) is 2.15. The van der Waals surface area contributed by atoms with Gasteiger partial charge >= 0.3 is 12.4 Å². The van der Waals surface area contributed by atoms with Crippen molar-refractivity contribution in [2.75, 3.05) is 6.61 Å². The highest BCUT2D eigenvalue weighted by molar-refractivity contribution is 5.91. The Balaban J connectivity index is 3.23. The molecule has 0 aromatic carbocycles. The molecular formula is C9H9F6NO2. The zero-order chi connectivity index (χ0) is 14.2. The van der Waals surface area contributed by atoms with Gasteiger partial charge in [0.2, 0.25) is 5.54 Å². The van der Waals surface area contributed by atoms with E-state index in [1.165, 1.54) is 0 Å². The SMILES string of the molecule is C=C1OCCCC(C(F)(F)F)(C(F)(F)F)NC1=O. The number of rotatable bonds is 0. The van der Waals surface area contributed by atoms with Crippen LogP contribution >= 0.6 is 0 Å². The minimum atomic E-state index is -5.65. The zero-order valence-electron chi connectivity index (χ0n) is 8.91. The van der Waals surface area contributed by atoms with Crippen LogP contribution in [0.5, 0.6) is 0 Å². The van der Waals surface area contributed by atoms with E-state index in [1.807, 2.05) is 0 Å². The lowest BCUT2D eigenvalue weighted by atomic mass is 9.91. The first-order chi connectivity index (χ1) is 8.01. The Kier molecular flexibility index (Phi) is 3.55. The summed E-state index contributed by atoms with van der Waals surface area (Å²) in [4.78, 5) is 11.1. The Labute approximate surface area is 97.8 Å². The van der Waals surface area contributed by atoms with Gasteiger partial charge in [-0.05, 0) is 12.8 Å². The molecule has 0 aromatic heterocycles. The van der Waals surface area contributed by atoms with E-state index in [-0.39, 0.29) is 0 Å². The summed E-state index contributed by atoms with van der Waals surface area (Å²) in [7, 11) is 0. The molecule has 0 bridgehead atoms. The number of nitrogens with one attached hydrogen (secondary N) is 1. The molecule has 1 rings (SSSR count). The first kappa shape index (κ1) is 14.7. The molecule has 0 aromatic rings. The number of carbonyl (C=O) groups is 1. The van der Waals surface area contributed by atoms with Crippen LogP contribution in [0, 0.1) is 0 Å². The van der Waals surface area contributed by atoms with Gasteiger partial charge in [0.05, 0.1) is 6.61 Å². The largest absolute Gasteiger partial charge is 0.488 e. The monoisotopic (exact) mass is 277 g/mol. The van der Waals surface area contributed by atoms with Crippen molar-refractivity contribution in [3.05, 3.63) is 12.3 Å². The van der Waals surface area contributed by atoms with Gasteiger partial charge in [-0.15, -0.1) is 0 Å². The Bertz CT molecular complexity index is 345. The maximum atomic E-state index is 12.7. The third-order valence-electron chi connectivity index (χ3n) is 2.52. The first-order valence-electron chi connectivity index (χ1n) is 4.79. The van der Waals surface area contributed by atoms with Crippen molar-refractivity contribution in [1.82, 2.24) is 5.32 Å². The van der Waals surface area contributed by atoms with Crippen LogP contribution in [0.1, 0.15) is 12.8 Å². The minimum absolute atomic E-state index is 0.430. The molecule has 1 fully saturated rings. The van der Waals surface area contributed by atoms with Crippen molar-refractivity contribution in [3.8, 4) is 0 Å². The van der Waals surface area contributed by atoms with Gasteiger partial charge in [-0.2, -0.15) is 26.3 Å². The van der Waals surface area contributed by atoms with Crippen molar-refractivity contribution < 1.29 is 35.9 Å². The standard InChI is InChI=1S/C9H9F6NO2/c1-5-6(17)16-7(8(10,11)12,9(13,14)15)3-2-4-18-5/h1-4H2,(H,16,17). The quantitative estimate of drug-likeness (QED) is 0.545. The van der Waals surface area contributed by atoms with E-state index in [2.05, 4.69) is 11.3 Å². The number of ether oxygens (including phenoxy) is 1. The molecule has 9 heteroatoms. The van der Waals surface area contributed by atoms with E-state index < -0.39 is 49.0 Å². The zero-order valence-corrected chi connectivity index (χ0v) is 8.91. The lowest BCUT2D eigenvalue weighted by molar-refractivity contribution is -0.308. The summed E-state index contributed by atoms with van der Waals surface area (Å²) in [5.74, 6) is -2.39. The molecule has 0 unspecified atom stereocenters. The van der Waals surface area contributed by atoms with Crippen LogP contribution in [0.15, 0.2) is 12.3 Å². The van der Waals surface area contributed by atoms with Crippen LogP contribution in [0.25, 0.3) is 0 Å². The molecule has 0 saturated carbocycles. The van der Waals surface area contributed by atoms with E-state index >= 15 is 0 Å². The molecule has 0 aliphatic carbocycles. The predicted molar refractivity (Wildman–Crippen MR) is 47.3 cm³/mol. The molecule has 3 nitrogen and oxygen atoms in total. The van der Waals surface area contributed by atoms with Gasteiger partial charge < -0.3 is 10.1 Å². The molecular weight excluding hydrogens is 268 g/mol. The average molecular weight is 277 g/mol. The van der Waals surface area contributed by atoms with Gasteiger partial charge in [0.15, 0.2) is 5.76 Å². The van der Waals surface area contributed by atoms with Gasteiger partial charge in [-0.1, -0.05) is 6.58 Å². The Morgan fingerprint density at radius 2 is 1.67 bits per heavy atom. The molecule has 1 saturated heterocycles. The van der Waals surface area contributed by atoms with Crippen molar-refractivity contribution in [3.63, 3.8) is 0 Å². The third-order valence-corrected chi connectivity index (χ3v) is 2.52. The van der Waals surface area contributed by atoms with Crippen LogP contribution < -0.4 is 5.32 Å². The van der Waals surface area contributed by atoms with Crippen molar-refractivity contribution in [2.24, 2.45) is 0 Å². The number of carbonyl (C=O) groups excluding carboxylic acids is 1. The predicted octanol–water partition coefficient (Wildman–Crippen LogP) is 2.29. The van der Waals surface area contributed by atoms with Crippen LogP contribution in [0.4, 0.5) is 26.3 Å². The molecule has 18 heavy (non-hydrogen) atoms. The minimum Gasteiger partial charge on any atom is -0.488 e. The second-order valence-electron chi connectivity index (χ2n) is 3.73. The summed E-state index contributed by atoms with van der Waals surface area (Å²) >= 11 is 0. The van der Waals surface area contributed by atoms with E-state index in [0.29, 0.717) is 0 Å². The molecule has 1 amide bonds. The number of amides is 1. The molecule has 1 N–H and O–H groups in total. The van der Waals surface area contributed by atoms with Crippen molar-refractivity contribution >= 4 is 5.91 Å². The fourth-order valence-electron chi connectivity index (χ4n) is 1.51. The second kappa shape index (κ2) is 4.36. The Morgan fingerprint density at radius 3 is 2.11 bits per heavy atom. The lowest BCUT2D eigenvalue weighted by Crippen LogP contribution is -2.68. The van der Waals surface area contributed by atoms with Gasteiger partial charge in [-0.3, -0.25) is 4.79 Å². The summed E-state index contributed by atoms with van der Waals surface area (Å²) < 4.78 is 80.8. The third kappa shape index (κ3) is 2.39. The topological polar surface area (TPSA) is 38.3 Å². The van der Waals surface area contributed by atoms with Gasteiger partial charge in [-0.25, -0.2) is 0 Å². The van der Waals surface area contributed by atoms with Crippen LogP contribution in [-0.2, 0) is 9.53 Å². The van der Waals surface area contributed by atoms with Crippen LogP contribution in [0.2, 0.25) is 0 Å². The number of hydrogen-bond donors (Lipinski definition) is 1. The van der Waals surface area contributed by atoms with Crippen LogP contribution in [-0.4, -0.2) is 30.4 Å². The van der Waals surface area contributed by atoms with Gasteiger partial charge in [0.25, 0.3) is 5.91 Å². The fraction of sp³-hybridized carbons (Fsp3) is 0.667. The molecule has 1 aliphatic rings. The molecule has 0 radical (unpaired) electrons. The summed E-state index contributed by atoms with van der Waals surface area (Å²) in [6.45, 7) is 2.53. The fourth-order valence-corrected chi connectivity index (χ4v) is 1.51. The van der Waals surface area contributed by atoms with Crippen molar-refractivity contribution in [2.45, 2.75) is 30.7 Å². The van der Waals surface area contributed by atoms with E-state index in [9.17, 15) is 31.1 Å². The van der Waals surface area contributed by atoms with Crippen molar-refractivity contribution in [1.29, 1.82) is 0 Å². The highest BCUT2D eigenvalue weighted by Gasteiger charge is 2.71. The van der Waals surface area contributed by atoms with E-state index in [4.69, 9.17) is 0 Å². The Hall–Kier alpha value is -1.41. The van der Waals surface area contributed by atoms with Crippen LogP contribution in [0.3, 0.4) is 0 Å². The second-order valence-corrected chi connectivity index (χ2v) is 3.73. The van der Waals surface area contributed by atoms with E-state index in [0.717, 1.165) is 5.32 Å². The number of hydrogen-bond acceptors (Lipinski definition) is 2. The molecule has 104 valence electrons. The van der Waals surface area contributed by atoms with E-state index in [1.54, 1.807) is 0 Å². The lowest BCUT2D eigenvalue weighted by Gasteiger charge is -2.39. The summed E-state index contributed by atoms with van der Waals surface area (Å²) in [6.07, 6.45) is -13.2. The normalized spacial score (nSPS) is 21.7. The number of halogens is 6. The maximum absolute atomic E-state index is 12.7. The van der Waals surface area contributed by atoms with Gasteiger partial charge in [0.1, 0.15) is 0 Å². The smallest absolute Gasteiger partial charge is 0.420 e. The molecule has 0 spiro atoms. The number of alkyl halides is 6. The summed E-state index contributed by atoms with van der Waals surface area (Å²) in [6, 6.07) is 0. The highest BCUT2D eigenvalue weighted by atomic mass is 19.4. The summed E-state index contributed by atoms with van der Waals surface area (Å²) in [5.41, 5.74) is -4.26. The van der Waals surface area contributed by atoms with Gasteiger partial charge in [0, 0.05) is 0 Å². The molecule has 1 heterocycles. The molecule has 1 aliphatic heterocycles.